The fourth-order valence-electron chi connectivity index (χ4n) is 2.97. The molecule has 3 aromatic carbocycles. The maximum atomic E-state index is 13.4. The minimum Gasteiger partial charge on any atom is -0.271 e. The molecule has 0 aliphatic carbocycles. The Hall–Kier alpha value is -3.10. The van der Waals surface area contributed by atoms with Crippen LogP contribution < -0.4 is 9.73 Å². The number of sulfonamides is 1. The second kappa shape index (κ2) is 10.5. The molecule has 0 spiro atoms. The van der Waals surface area contributed by atoms with Crippen molar-refractivity contribution in [3.63, 3.8) is 0 Å². The highest BCUT2D eigenvalue weighted by molar-refractivity contribution is 7.98. The van der Waals surface area contributed by atoms with Crippen LogP contribution in [0, 0.1) is 13.8 Å². The summed E-state index contributed by atoms with van der Waals surface area (Å²) in [6.45, 7) is 3.35. The monoisotopic (exact) mass is 467 g/mol. The molecule has 3 rings (SSSR count). The third kappa shape index (κ3) is 5.99. The average Bonchev–Trinajstić information content (AvgIpc) is 2.78. The van der Waals surface area contributed by atoms with Gasteiger partial charge in [0.2, 0.25) is 0 Å². The Bertz CT molecular complexity index is 1210. The zero-order valence-electron chi connectivity index (χ0n) is 18.1. The number of benzene rings is 3. The van der Waals surface area contributed by atoms with Crippen molar-refractivity contribution in [3.05, 3.63) is 89.5 Å². The van der Waals surface area contributed by atoms with Gasteiger partial charge in [-0.1, -0.05) is 42.0 Å². The van der Waals surface area contributed by atoms with E-state index < -0.39 is 22.5 Å². The maximum Gasteiger partial charge on any atom is 0.264 e. The van der Waals surface area contributed by atoms with Crippen LogP contribution in [0.4, 0.5) is 5.69 Å². The summed E-state index contributed by atoms with van der Waals surface area (Å²) in [5.41, 5.74) is 5.50. The molecule has 0 radical (unpaired) electrons. The van der Waals surface area contributed by atoms with Gasteiger partial charge >= 0.3 is 0 Å². The van der Waals surface area contributed by atoms with Gasteiger partial charge in [0.25, 0.3) is 15.9 Å². The minimum absolute atomic E-state index is 0.120. The van der Waals surface area contributed by atoms with Gasteiger partial charge in [-0.05, 0) is 67.6 Å². The number of nitrogens with zero attached hydrogens (tertiary/aromatic N) is 2. The molecule has 0 aliphatic rings. The number of hydrazone groups is 1. The number of carbonyl (C=O) groups is 1. The molecule has 0 aromatic heterocycles. The van der Waals surface area contributed by atoms with Crippen molar-refractivity contribution in [3.8, 4) is 0 Å². The largest absolute Gasteiger partial charge is 0.271 e. The Morgan fingerprint density at radius 1 is 1.00 bits per heavy atom. The molecule has 0 saturated heterocycles. The first-order valence-corrected chi connectivity index (χ1v) is 12.6. The molecule has 1 N–H and O–H groups in total. The molecule has 1 amide bonds. The van der Waals surface area contributed by atoms with Gasteiger partial charge in [0.1, 0.15) is 6.54 Å². The number of carbonyl (C=O) groups excluding carboxylic acids is 1. The van der Waals surface area contributed by atoms with Crippen LogP contribution in [0.15, 0.2) is 87.7 Å². The fourth-order valence-corrected chi connectivity index (χ4v) is 4.79. The lowest BCUT2D eigenvalue weighted by Gasteiger charge is -2.24. The van der Waals surface area contributed by atoms with Gasteiger partial charge in [-0.15, -0.1) is 11.8 Å². The van der Waals surface area contributed by atoms with E-state index in [2.05, 4.69) is 10.5 Å². The van der Waals surface area contributed by atoms with Crippen LogP contribution in [0.2, 0.25) is 0 Å². The summed E-state index contributed by atoms with van der Waals surface area (Å²) in [7, 11) is -3.95. The number of nitrogens with one attached hydrogen (secondary N) is 1. The fraction of sp³-hybridized carbons (Fsp3) is 0.167. The molecular formula is C24H25N3O3S2. The molecule has 0 fully saturated rings. The SMILES string of the molecule is CSc1ccc(/C=N/NC(=O)CN(c2cccc(C)c2)S(=O)(=O)c2ccc(C)cc2)cc1. The highest BCUT2D eigenvalue weighted by Crippen LogP contribution is 2.24. The van der Waals surface area contributed by atoms with E-state index in [0.717, 1.165) is 25.9 Å². The van der Waals surface area contributed by atoms with Crippen molar-refractivity contribution in [1.29, 1.82) is 0 Å². The molecule has 3 aromatic rings. The van der Waals surface area contributed by atoms with Gasteiger partial charge in [0.15, 0.2) is 0 Å². The maximum absolute atomic E-state index is 13.4. The Kier molecular flexibility index (Phi) is 7.71. The summed E-state index contributed by atoms with van der Waals surface area (Å²) in [4.78, 5) is 13.8. The summed E-state index contributed by atoms with van der Waals surface area (Å²) in [6, 6.07) is 21.3. The topological polar surface area (TPSA) is 78.8 Å². The molecule has 0 aliphatic heterocycles. The Labute approximate surface area is 193 Å². The van der Waals surface area contributed by atoms with Gasteiger partial charge in [-0.25, -0.2) is 13.8 Å². The molecule has 8 heteroatoms. The van der Waals surface area contributed by atoms with Gasteiger partial charge in [-0.2, -0.15) is 5.10 Å². The van der Waals surface area contributed by atoms with Gasteiger partial charge < -0.3 is 0 Å². The van der Waals surface area contributed by atoms with Crippen LogP contribution in [0.25, 0.3) is 0 Å². The Morgan fingerprint density at radius 3 is 2.31 bits per heavy atom. The van der Waals surface area contributed by atoms with E-state index in [-0.39, 0.29) is 4.90 Å². The average molecular weight is 468 g/mol. The quantitative estimate of drug-likeness (QED) is 0.303. The van der Waals surface area contributed by atoms with Crippen molar-refractivity contribution < 1.29 is 13.2 Å². The molecule has 0 unspecified atom stereocenters. The zero-order chi connectivity index (χ0) is 23.1. The van der Waals surface area contributed by atoms with E-state index in [4.69, 9.17) is 0 Å². The number of aryl methyl sites for hydroxylation is 2. The van der Waals surface area contributed by atoms with Gasteiger partial charge in [0, 0.05) is 4.90 Å². The van der Waals surface area contributed by atoms with Crippen LogP contribution in [0.5, 0.6) is 0 Å². The van der Waals surface area contributed by atoms with E-state index in [1.165, 1.54) is 6.21 Å². The number of thioether (sulfide) groups is 1. The second-order valence-electron chi connectivity index (χ2n) is 7.23. The van der Waals surface area contributed by atoms with Crippen LogP contribution in [-0.4, -0.2) is 33.3 Å². The molecule has 32 heavy (non-hydrogen) atoms. The number of hydrogen-bond donors (Lipinski definition) is 1. The van der Waals surface area contributed by atoms with Crippen LogP contribution in [0.3, 0.4) is 0 Å². The van der Waals surface area contributed by atoms with Gasteiger partial charge in [0.05, 0.1) is 16.8 Å². The van der Waals surface area contributed by atoms with E-state index in [1.807, 2.05) is 50.4 Å². The highest BCUT2D eigenvalue weighted by atomic mass is 32.2. The summed E-state index contributed by atoms with van der Waals surface area (Å²) < 4.78 is 27.8. The lowest BCUT2D eigenvalue weighted by molar-refractivity contribution is -0.119. The summed E-state index contributed by atoms with van der Waals surface area (Å²) in [5.74, 6) is -0.542. The number of amides is 1. The van der Waals surface area contributed by atoms with E-state index in [0.29, 0.717) is 5.69 Å². The second-order valence-corrected chi connectivity index (χ2v) is 9.97. The van der Waals surface area contributed by atoms with Crippen LogP contribution >= 0.6 is 11.8 Å². The third-order valence-corrected chi connectivity index (χ3v) is 7.24. The number of hydrogen-bond acceptors (Lipinski definition) is 5. The normalized spacial score (nSPS) is 11.5. The van der Waals surface area contributed by atoms with Crippen molar-refractivity contribution in [2.45, 2.75) is 23.6 Å². The first-order valence-electron chi connectivity index (χ1n) is 9.91. The van der Waals surface area contributed by atoms with Crippen molar-refractivity contribution >= 4 is 39.6 Å². The Balaban J connectivity index is 1.81. The van der Waals surface area contributed by atoms with Crippen LogP contribution in [0.1, 0.15) is 16.7 Å². The first kappa shape index (κ1) is 23.6. The van der Waals surface area contributed by atoms with E-state index in [1.54, 1.807) is 54.2 Å². The number of anilines is 1. The lowest BCUT2D eigenvalue weighted by atomic mass is 10.2. The molecular weight excluding hydrogens is 442 g/mol. The van der Waals surface area contributed by atoms with E-state index in [9.17, 15) is 13.2 Å². The van der Waals surface area contributed by atoms with Crippen molar-refractivity contribution in [1.82, 2.24) is 5.43 Å². The zero-order valence-corrected chi connectivity index (χ0v) is 19.8. The molecule has 166 valence electrons. The van der Waals surface area contributed by atoms with Gasteiger partial charge in [-0.3, -0.25) is 9.10 Å². The number of rotatable bonds is 8. The van der Waals surface area contributed by atoms with E-state index >= 15 is 0 Å². The summed E-state index contributed by atoms with van der Waals surface area (Å²) >= 11 is 1.64. The standard InChI is InChI=1S/C24H25N3O3S2/c1-18-7-13-23(14-8-18)32(29,30)27(21-6-4-5-19(2)15-21)17-24(28)26-25-16-20-9-11-22(31-3)12-10-20/h4-16H,17H2,1-3H3,(H,26,28)/b25-16+. The summed E-state index contributed by atoms with van der Waals surface area (Å²) in [5, 5.41) is 3.97. The van der Waals surface area contributed by atoms with Crippen molar-refractivity contribution in [2.75, 3.05) is 17.1 Å². The first-order chi connectivity index (χ1) is 15.3. The molecule has 0 bridgehead atoms. The predicted octanol–water partition coefficient (Wildman–Crippen LogP) is 4.37. The molecule has 0 saturated carbocycles. The van der Waals surface area contributed by atoms with Crippen molar-refractivity contribution in [2.24, 2.45) is 5.10 Å². The van der Waals surface area contributed by atoms with Crippen LogP contribution in [-0.2, 0) is 14.8 Å². The highest BCUT2D eigenvalue weighted by Gasteiger charge is 2.27. The summed E-state index contributed by atoms with van der Waals surface area (Å²) in [6.07, 6.45) is 3.52. The third-order valence-electron chi connectivity index (χ3n) is 4.70. The smallest absolute Gasteiger partial charge is 0.264 e. The Morgan fingerprint density at radius 2 is 1.69 bits per heavy atom. The molecule has 0 atom stereocenters. The molecule has 6 nitrogen and oxygen atoms in total. The lowest BCUT2D eigenvalue weighted by Crippen LogP contribution is -2.39. The predicted molar refractivity (Wildman–Crippen MR) is 131 cm³/mol. The minimum atomic E-state index is -3.95. The molecule has 0 heterocycles.